The molecule has 0 heterocycles. The summed E-state index contributed by atoms with van der Waals surface area (Å²) in [6, 6.07) is 6.06. The van der Waals surface area contributed by atoms with E-state index in [1.54, 1.807) is 0 Å². The van der Waals surface area contributed by atoms with E-state index in [4.69, 9.17) is 18.0 Å². The van der Waals surface area contributed by atoms with E-state index in [2.05, 4.69) is 18.3 Å². The van der Waals surface area contributed by atoms with Crippen LogP contribution in [0.4, 0.5) is 5.69 Å². The Morgan fingerprint density at radius 1 is 1.50 bits per heavy atom. The molecule has 3 N–H and O–H groups in total. The van der Waals surface area contributed by atoms with Crippen LogP contribution < -0.4 is 11.1 Å². The third-order valence-electron chi connectivity index (χ3n) is 3.09. The van der Waals surface area contributed by atoms with Crippen LogP contribution in [0.5, 0.6) is 0 Å². The number of aryl methyl sites for hydroxylation is 1. The second-order valence-corrected chi connectivity index (χ2v) is 4.96. The topological polar surface area (TPSA) is 38.0 Å². The predicted molar refractivity (Wildman–Crippen MR) is 72.9 cm³/mol. The average Bonchev–Trinajstić information content (AvgIpc) is 3.04. The molecular formula is C13H18N2S. The number of anilines is 1. The highest BCUT2D eigenvalue weighted by atomic mass is 32.1. The Kier molecular flexibility index (Phi) is 3.44. The van der Waals surface area contributed by atoms with Crippen LogP contribution in [0.2, 0.25) is 0 Å². The number of nitrogens with two attached hydrogens (primary N) is 1. The van der Waals surface area contributed by atoms with Gasteiger partial charge in [-0.2, -0.15) is 0 Å². The lowest BCUT2D eigenvalue weighted by atomic mass is 10.1. The second-order valence-electron chi connectivity index (χ2n) is 4.52. The maximum absolute atomic E-state index is 5.72. The van der Waals surface area contributed by atoms with Crippen LogP contribution >= 0.6 is 12.2 Å². The Labute approximate surface area is 102 Å². The molecule has 0 spiro atoms. The van der Waals surface area contributed by atoms with Crippen LogP contribution in [-0.4, -0.2) is 11.5 Å². The van der Waals surface area contributed by atoms with Crippen molar-refractivity contribution in [2.24, 2.45) is 11.7 Å². The summed E-state index contributed by atoms with van der Waals surface area (Å²) in [5.74, 6) is 0.949. The van der Waals surface area contributed by atoms with Gasteiger partial charge in [0, 0.05) is 17.8 Å². The molecule has 1 aromatic rings. The van der Waals surface area contributed by atoms with Gasteiger partial charge in [-0.3, -0.25) is 0 Å². The van der Waals surface area contributed by atoms with Gasteiger partial charge in [-0.25, -0.2) is 0 Å². The van der Waals surface area contributed by atoms with E-state index in [9.17, 15) is 0 Å². The summed E-state index contributed by atoms with van der Waals surface area (Å²) in [6.07, 6.45) is 4.06. The van der Waals surface area contributed by atoms with Crippen molar-refractivity contribution in [3.63, 3.8) is 0 Å². The van der Waals surface area contributed by atoms with E-state index in [1.165, 1.54) is 24.8 Å². The summed E-state index contributed by atoms with van der Waals surface area (Å²) in [5, 5.41) is 3.47. The quantitative estimate of drug-likeness (QED) is 0.769. The normalized spacial score (nSPS) is 14.8. The molecule has 0 bridgehead atoms. The first kappa shape index (κ1) is 11.4. The molecule has 0 radical (unpaired) electrons. The van der Waals surface area contributed by atoms with Crippen molar-refractivity contribution in [3.05, 3.63) is 29.3 Å². The maximum Gasteiger partial charge on any atom is 0.106 e. The first-order valence-corrected chi connectivity index (χ1v) is 6.22. The smallest absolute Gasteiger partial charge is 0.106 e. The molecule has 0 unspecified atom stereocenters. The summed E-state index contributed by atoms with van der Waals surface area (Å²) >= 11 is 5.06. The summed E-state index contributed by atoms with van der Waals surface area (Å²) in [7, 11) is 0. The Morgan fingerprint density at radius 3 is 2.88 bits per heavy atom. The average molecular weight is 234 g/mol. The first-order chi connectivity index (χ1) is 7.68. The van der Waals surface area contributed by atoms with Gasteiger partial charge in [0.2, 0.25) is 0 Å². The summed E-state index contributed by atoms with van der Waals surface area (Å²) in [5.41, 5.74) is 9.00. The van der Waals surface area contributed by atoms with Crippen LogP contribution in [0, 0.1) is 12.8 Å². The number of benzene rings is 1. The van der Waals surface area contributed by atoms with Gasteiger partial charge in [0.05, 0.1) is 0 Å². The number of nitrogens with one attached hydrogen (secondary N) is 1. The van der Waals surface area contributed by atoms with Crippen molar-refractivity contribution in [3.8, 4) is 0 Å². The number of para-hydroxylation sites is 1. The molecule has 0 amide bonds. The zero-order chi connectivity index (χ0) is 11.5. The third kappa shape index (κ3) is 2.73. The molecule has 0 aliphatic heterocycles. The minimum Gasteiger partial charge on any atom is -0.389 e. The molecule has 1 saturated carbocycles. The van der Waals surface area contributed by atoms with E-state index in [1.807, 2.05) is 12.1 Å². The van der Waals surface area contributed by atoms with Gasteiger partial charge in [-0.15, -0.1) is 0 Å². The minimum absolute atomic E-state index is 0.470. The first-order valence-electron chi connectivity index (χ1n) is 5.82. The largest absolute Gasteiger partial charge is 0.389 e. The number of thiocarbonyl (C=S) groups is 1. The standard InChI is InChI=1S/C13H18N2S/c1-9-3-2-4-11(13(14)16)12(9)15-8-7-10-5-6-10/h2-4,10,15H,5-8H2,1H3,(H2,14,16). The fourth-order valence-corrected chi connectivity index (χ4v) is 2.09. The fourth-order valence-electron chi connectivity index (χ4n) is 1.92. The van der Waals surface area contributed by atoms with Crippen molar-refractivity contribution >= 4 is 22.9 Å². The van der Waals surface area contributed by atoms with Crippen LogP contribution in [0.25, 0.3) is 0 Å². The van der Waals surface area contributed by atoms with Gasteiger partial charge in [0.15, 0.2) is 0 Å². The Balaban J connectivity index is 2.06. The highest BCUT2D eigenvalue weighted by molar-refractivity contribution is 7.80. The van der Waals surface area contributed by atoms with Gasteiger partial charge in [-0.1, -0.05) is 37.2 Å². The summed E-state index contributed by atoms with van der Waals surface area (Å²) < 4.78 is 0. The maximum atomic E-state index is 5.72. The Hall–Kier alpha value is -1.09. The lowest BCUT2D eigenvalue weighted by Crippen LogP contribution is -2.14. The van der Waals surface area contributed by atoms with Crippen molar-refractivity contribution in [1.82, 2.24) is 0 Å². The van der Waals surface area contributed by atoms with E-state index < -0.39 is 0 Å². The lowest BCUT2D eigenvalue weighted by Gasteiger charge is -2.13. The Bertz CT molecular complexity index is 397. The molecule has 0 saturated heterocycles. The molecular weight excluding hydrogens is 216 g/mol. The molecule has 0 aromatic heterocycles. The second kappa shape index (κ2) is 4.83. The van der Waals surface area contributed by atoms with E-state index in [0.717, 1.165) is 23.7 Å². The highest BCUT2D eigenvalue weighted by Gasteiger charge is 2.20. The predicted octanol–water partition coefficient (Wildman–Crippen LogP) is 2.84. The molecule has 3 heteroatoms. The molecule has 16 heavy (non-hydrogen) atoms. The van der Waals surface area contributed by atoms with Gasteiger partial charge < -0.3 is 11.1 Å². The molecule has 1 aliphatic rings. The van der Waals surface area contributed by atoms with Gasteiger partial charge in [0.25, 0.3) is 0 Å². The van der Waals surface area contributed by atoms with Crippen molar-refractivity contribution in [2.75, 3.05) is 11.9 Å². The molecule has 1 aromatic carbocycles. The van der Waals surface area contributed by atoms with Crippen LogP contribution in [0.3, 0.4) is 0 Å². The monoisotopic (exact) mass is 234 g/mol. The molecule has 1 fully saturated rings. The van der Waals surface area contributed by atoms with Gasteiger partial charge in [0.1, 0.15) is 4.99 Å². The van der Waals surface area contributed by atoms with Crippen LogP contribution in [0.1, 0.15) is 30.4 Å². The number of hydrogen-bond acceptors (Lipinski definition) is 2. The molecule has 86 valence electrons. The van der Waals surface area contributed by atoms with Crippen LogP contribution in [0.15, 0.2) is 18.2 Å². The zero-order valence-electron chi connectivity index (χ0n) is 9.62. The SMILES string of the molecule is Cc1cccc(C(N)=S)c1NCCC1CC1. The number of rotatable bonds is 5. The summed E-state index contributed by atoms with van der Waals surface area (Å²) in [6.45, 7) is 3.10. The van der Waals surface area contributed by atoms with E-state index in [0.29, 0.717) is 4.99 Å². The summed E-state index contributed by atoms with van der Waals surface area (Å²) in [4.78, 5) is 0.470. The van der Waals surface area contributed by atoms with Crippen molar-refractivity contribution in [1.29, 1.82) is 0 Å². The lowest BCUT2D eigenvalue weighted by molar-refractivity contribution is 0.760. The van der Waals surface area contributed by atoms with E-state index >= 15 is 0 Å². The molecule has 0 atom stereocenters. The van der Waals surface area contributed by atoms with Gasteiger partial charge in [-0.05, 0) is 30.9 Å². The molecule has 2 nitrogen and oxygen atoms in total. The number of hydrogen-bond donors (Lipinski definition) is 2. The third-order valence-corrected chi connectivity index (χ3v) is 3.31. The van der Waals surface area contributed by atoms with Crippen molar-refractivity contribution in [2.45, 2.75) is 26.2 Å². The fraction of sp³-hybridized carbons (Fsp3) is 0.462. The van der Waals surface area contributed by atoms with Crippen molar-refractivity contribution < 1.29 is 0 Å². The van der Waals surface area contributed by atoms with Gasteiger partial charge >= 0.3 is 0 Å². The van der Waals surface area contributed by atoms with E-state index in [-0.39, 0.29) is 0 Å². The molecule has 1 aliphatic carbocycles. The minimum atomic E-state index is 0.470. The zero-order valence-corrected chi connectivity index (χ0v) is 10.4. The molecule has 2 rings (SSSR count). The Morgan fingerprint density at radius 2 is 2.25 bits per heavy atom. The van der Waals surface area contributed by atoms with Crippen LogP contribution in [-0.2, 0) is 0 Å². The highest BCUT2D eigenvalue weighted by Crippen LogP contribution is 2.32.